The molecule has 1 saturated heterocycles. The maximum absolute atomic E-state index is 12.9. The maximum Gasteiger partial charge on any atom is 0.126 e. The minimum Gasteiger partial charge on any atom is -0.385 e. The Hall–Kier alpha value is -1.17. The van der Waals surface area contributed by atoms with Gasteiger partial charge in [0.25, 0.3) is 0 Å². The van der Waals surface area contributed by atoms with Gasteiger partial charge in [0.1, 0.15) is 18.5 Å². The Labute approximate surface area is 126 Å². The molecular weight excluding hydrogens is 271 g/mol. The Kier molecular flexibility index (Phi) is 5.96. The average molecular weight is 297 g/mol. The first-order chi connectivity index (χ1) is 10.0. The zero-order valence-electron chi connectivity index (χ0n) is 12.9. The van der Waals surface area contributed by atoms with Gasteiger partial charge in [0.15, 0.2) is 0 Å². The van der Waals surface area contributed by atoms with Crippen LogP contribution in [0.15, 0.2) is 24.3 Å². The van der Waals surface area contributed by atoms with E-state index >= 15 is 0 Å². The first-order valence-electron chi connectivity index (χ1n) is 7.68. The molecule has 1 aliphatic rings. The second-order valence-electron chi connectivity index (χ2n) is 5.95. The number of nitrogens with zero attached hydrogens (tertiary/aromatic N) is 1. The minimum absolute atomic E-state index is 0.157. The molecule has 2 N–H and O–H groups in total. The van der Waals surface area contributed by atoms with Gasteiger partial charge in [-0.25, -0.2) is 4.39 Å². The Balaban J connectivity index is 1.74. The van der Waals surface area contributed by atoms with E-state index in [2.05, 4.69) is 4.90 Å². The number of aliphatic hydroxyl groups excluding tert-OH is 1. The number of rotatable bonds is 6. The van der Waals surface area contributed by atoms with Crippen LogP contribution >= 0.6 is 0 Å². The van der Waals surface area contributed by atoms with Crippen molar-refractivity contribution < 1.29 is 19.1 Å². The number of ether oxygens (including phenoxy) is 1. The number of nitrogens with one attached hydrogen (secondary N) is 1. The summed E-state index contributed by atoms with van der Waals surface area (Å²) in [4.78, 5) is 3.66. The predicted molar refractivity (Wildman–Crippen MR) is 81.3 cm³/mol. The fraction of sp³-hybridized carbons (Fsp3) is 0.625. The van der Waals surface area contributed by atoms with E-state index in [0.717, 1.165) is 38.4 Å². The molecule has 1 heterocycles. The standard InChI is InChI=1S/C16H25FN2O2/c1-13(2)21-12-16(20)11-18-7-9-19(10-8-18)15-5-3-14(17)4-6-15/h3-6,13,16,20H,7-12H2,1-2H3/p+1/t16-/m0/s1. The highest BCUT2D eigenvalue weighted by molar-refractivity contribution is 5.46. The Morgan fingerprint density at radius 2 is 1.86 bits per heavy atom. The lowest BCUT2D eigenvalue weighted by Gasteiger charge is -2.34. The molecule has 0 amide bonds. The van der Waals surface area contributed by atoms with E-state index in [1.807, 2.05) is 26.0 Å². The first-order valence-corrected chi connectivity index (χ1v) is 7.68. The molecule has 2 rings (SSSR count). The van der Waals surface area contributed by atoms with Crippen LogP contribution in [0.1, 0.15) is 13.8 Å². The van der Waals surface area contributed by atoms with Gasteiger partial charge in [-0.05, 0) is 38.1 Å². The molecule has 0 aliphatic carbocycles. The van der Waals surface area contributed by atoms with E-state index in [0.29, 0.717) is 6.61 Å². The number of piperazine rings is 1. The number of quaternary nitrogens is 1. The van der Waals surface area contributed by atoms with E-state index < -0.39 is 6.10 Å². The zero-order chi connectivity index (χ0) is 15.2. The summed E-state index contributed by atoms with van der Waals surface area (Å²) < 4.78 is 18.4. The highest BCUT2D eigenvalue weighted by Crippen LogP contribution is 2.14. The summed E-state index contributed by atoms with van der Waals surface area (Å²) in [5.41, 5.74) is 1.07. The lowest BCUT2D eigenvalue weighted by Crippen LogP contribution is -3.16. The van der Waals surface area contributed by atoms with Crippen molar-refractivity contribution in [2.45, 2.75) is 26.1 Å². The van der Waals surface area contributed by atoms with Crippen molar-refractivity contribution >= 4 is 5.69 Å². The molecule has 1 atom stereocenters. The van der Waals surface area contributed by atoms with Gasteiger partial charge < -0.3 is 19.6 Å². The lowest BCUT2D eigenvalue weighted by atomic mass is 10.2. The molecule has 0 radical (unpaired) electrons. The molecule has 0 bridgehead atoms. The summed E-state index contributed by atoms with van der Waals surface area (Å²) >= 11 is 0. The molecule has 118 valence electrons. The molecule has 1 aromatic carbocycles. The highest BCUT2D eigenvalue weighted by atomic mass is 19.1. The topological polar surface area (TPSA) is 37.1 Å². The van der Waals surface area contributed by atoms with Crippen LogP contribution in [0, 0.1) is 5.82 Å². The molecule has 0 unspecified atom stereocenters. The Morgan fingerprint density at radius 3 is 2.43 bits per heavy atom. The summed E-state index contributed by atoms with van der Waals surface area (Å²) in [6.45, 7) is 8.90. The first kappa shape index (κ1) is 16.2. The van der Waals surface area contributed by atoms with E-state index in [4.69, 9.17) is 4.74 Å². The van der Waals surface area contributed by atoms with Gasteiger partial charge in [-0.3, -0.25) is 0 Å². The smallest absolute Gasteiger partial charge is 0.126 e. The molecule has 1 aliphatic heterocycles. The number of halogens is 1. The van der Waals surface area contributed by atoms with Crippen molar-refractivity contribution in [2.75, 3.05) is 44.2 Å². The number of hydrogen-bond acceptors (Lipinski definition) is 3. The Bertz CT molecular complexity index is 417. The van der Waals surface area contributed by atoms with E-state index in [1.54, 1.807) is 0 Å². The Morgan fingerprint density at radius 1 is 1.24 bits per heavy atom. The van der Waals surface area contributed by atoms with Crippen LogP contribution in [-0.2, 0) is 4.74 Å². The van der Waals surface area contributed by atoms with Crippen LogP contribution in [-0.4, -0.2) is 56.6 Å². The molecule has 5 heteroatoms. The van der Waals surface area contributed by atoms with Crippen LogP contribution in [0.4, 0.5) is 10.1 Å². The lowest BCUT2D eigenvalue weighted by molar-refractivity contribution is -0.903. The third kappa shape index (κ3) is 5.26. The minimum atomic E-state index is -0.403. The monoisotopic (exact) mass is 297 g/mol. The van der Waals surface area contributed by atoms with Gasteiger partial charge in [0.2, 0.25) is 0 Å². The molecular formula is C16H26FN2O2+. The van der Waals surface area contributed by atoms with Crippen molar-refractivity contribution in [2.24, 2.45) is 0 Å². The van der Waals surface area contributed by atoms with Crippen LogP contribution in [0.3, 0.4) is 0 Å². The fourth-order valence-electron chi connectivity index (χ4n) is 2.63. The number of hydrogen-bond donors (Lipinski definition) is 2. The molecule has 0 aromatic heterocycles. The molecule has 1 aromatic rings. The van der Waals surface area contributed by atoms with Gasteiger partial charge in [0, 0.05) is 5.69 Å². The summed E-state index contributed by atoms with van der Waals surface area (Å²) in [7, 11) is 0. The summed E-state index contributed by atoms with van der Waals surface area (Å²) in [5, 5.41) is 9.96. The summed E-state index contributed by atoms with van der Waals surface area (Å²) in [6.07, 6.45) is -0.246. The van der Waals surface area contributed by atoms with Crippen LogP contribution in [0.5, 0.6) is 0 Å². The van der Waals surface area contributed by atoms with Crippen molar-refractivity contribution in [3.8, 4) is 0 Å². The normalized spacial score (nSPS) is 18.2. The molecule has 0 saturated carbocycles. The molecule has 1 fully saturated rings. The average Bonchev–Trinajstić information content (AvgIpc) is 2.47. The van der Waals surface area contributed by atoms with Crippen LogP contribution in [0.2, 0.25) is 0 Å². The van der Waals surface area contributed by atoms with Crippen molar-refractivity contribution in [1.82, 2.24) is 0 Å². The van der Waals surface area contributed by atoms with Gasteiger partial charge in [-0.15, -0.1) is 0 Å². The van der Waals surface area contributed by atoms with Crippen molar-refractivity contribution in [1.29, 1.82) is 0 Å². The fourth-order valence-corrected chi connectivity index (χ4v) is 2.63. The largest absolute Gasteiger partial charge is 0.385 e. The van der Waals surface area contributed by atoms with Gasteiger partial charge in [-0.1, -0.05) is 0 Å². The van der Waals surface area contributed by atoms with Crippen LogP contribution < -0.4 is 9.80 Å². The van der Waals surface area contributed by atoms with E-state index in [9.17, 15) is 9.50 Å². The molecule has 21 heavy (non-hydrogen) atoms. The van der Waals surface area contributed by atoms with Crippen LogP contribution in [0.25, 0.3) is 0 Å². The number of benzene rings is 1. The quantitative estimate of drug-likeness (QED) is 0.794. The van der Waals surface area contributed by atoms with E-state index in [1.165, 1.54) is 17.0 Å². The third-order valence-corrected chi connectivity index (χ3v) is 3.81. The number of anilines is 1. The van der Waals surface area contributed by atoms with Crippen molar-refractivity contribution in [3.63, 3.8) is 0 Å². The summed E-state index contributed by atoms with van der Waals surface area (Å²) in [5.74, 6) is -0.198. The molecule has 4 nitrogen and oxygen atoms in total. The zero-order valence-corrected chi connectivity index (χ0v) is 12.9. The highest BCUT2D eigenvalue weighted by Gasteiger charge is 2.22. The van der Waals surface area contributed by atoms with Gasteiger partial charge in [0.05, 0.1) is 38.9 Å². The second kappa shape index (κ2) is 7.73. The van der Waals surface area contributed by atoms with E-state index in [-0.39, 0.29) is 11.9 Å². The van der Waals surface area contributed by atoms with Gasteiger partial charge in [-0.2, -0.15) is 0 Å². The van der Waals surface area contributed by atoms with Crippen molar-refractivity contribution in [3.05, 3.63) is 30.1 Å². The molecule has 0 spiro atoms. The maximum atomic E-state index is 12.9. The SMILES string of the molecule is CC(C)OC[C@@H](O)C[NH+]1CCN(c2ccc(F)cc2)CC1. The second-order valence-corrected chi connectivity index (χ2v) is 5.95. The number of aliphatic hydroxyl groups is 1. The third-order valence-electron chi connectivity index (χ3n) is 3.81. The predicted octanol–water partition coefficient (Wildman–Crippen LogP) is 0.317. The van der Waals surface area contributed by atoms with Gasteiger partial charge >= 0.3 is 0 Å². The summed E-state index contributed by atoms with van der Waals surface area (Å²) in [6, 6.07) is 6.65.